The number of nitrogens with one attached hydrogen (secondary N) is 1. The number of benzene rings is 1. The molecule has 1 N–H and O–H groups in total. The van der Waals surface area contributed by atoms with Crippen LogP contribution >= 0.6 is 11.8 Å². The fourth-order valence-corrected chi connectivity index (χ4v) is 4.22. The highest BCUT2D eigenvalue weighted by Gasteiger charge is 2.26. The molecule has 1 aromatic carbocycles. The number of piperidine rings is 1. The number of fused-ring (bicyclic) bond motifs is 1. The molecule has 0 aliphatic carbocycles. The molecule has 2 aliphatic heterocycles. The molecule has 2 unspecified atom stereocenters. The highest BCUT2D eigenvalue weighted by Crippen LogP contribution is 2.42. The molecule has 3 rings (SSSR count). The lowest BCUT2D eigenvalue weighted by atomic mass is 9.86. The fraction of sp³-hybridized carbons (Fsp3) is 0.571. The molecule has 0 spiro atoms. The van der Waals surface area contributed by atoms with Gasteiger partial charge in [-0.05, 0) is 55.8 Å². The Balaban J connectivity index is 1.68. The van der Waals surface area contributed by atoms with Crippen molar-refractivity contribution in [3.63, 3.8) is 0 Å². The molecule has 0 amide bonds. The van der Waals surface area contributed by atoms with E-state index in [1.165, 1.54) is 43.0 Å². The molecule has 2 heterocycles. The summed E-state index contributed by atoms with van der Waals surface area (Å²) in [6, 6.07) is 8.96. The van der Waals surface area contributed by atoms with E-state index in [0.717, 1.165) is 11.8 Å². The molecule has 2 atom stereocenters. The molecule has 0 bridgehead atoms. The van der Waals surface area contributed by atoms with E-state index in [0.29, 0.717) is 0 Å². The Morgan fingerprint density at radius 2 is 2.25 bits per heavy atom. The average molecular weight is 233 g/mol. The number of hydrogen-bond acceptors (Lipinski definition) is 2. The summed E-state index contributed by atoms with van der Waals surface area (Å²) in [6.45, 7) is 2.47. The van der Waals surface area contributed by atoms with Gasteiger partial charge >= 0.3 is 0 Å². The molecule has 0 saturated carbocycles. The average Bonchev–Trinajstić information content (AvgIpc) is 2.74. The maximum absolute atomic E-state index is 3.53. The van der Waals surface area contributed by atoms with Crippen LogP contribution in [0.3, 0.4) is 0 Å². The van der Waals surface area contributed by atoms with Crippen molar-refractivity contribution in [2.75, 3.05) is 18.8 Å². The Bertz CT molecular complexity index is 358. The van der Waals surface area contributed by atoms with E-state index in [1.807, 2.05) is 11.8 Å². The van der Waals surface area contributed by atoms with Gasteiger partial charge in [0.2, 0.25) is 0 Å². The van der Waals surface area contributed by atoms with Gasteiger partial charge in [0.15, 0.2) is 0 Å². The molecule has 1 fully saturated rings. The summed E-state index contributed by atoms with van der Waals surface area (Å²) in [4.78, 5) is 1.52. The molecule has 16 heavy (non-hydrogen) atoms. The van der Waals surface area contributed by atoms with Crippen molar-refractivity contribution in [1.82, 2.24) is 5.32 Å². The normalized spacial score (nSPS) is 29.0. The van der Waals surface area contributed by atoms with Crippen LogP contribution in [0.4, 0.5) is 0 Å². The largest absolute Gasteiger partial charge is 0.316 e. The van der Waals surface area contributed by atoms with Crippen LogP contribution in [0.25, 0.3) is 0 Å². The van der Waals surface area contributed by atoms with Crippen LogP contribution in [0, 0.1) is 5.92 Å². The number of rotatable bonds is 2. The molecule has 1 nitrogen and oxygen atoms in total. The summed E-state index contributed by atoms with van der Waals surface area (Å²) in [5, 5.41) is 3.53. The van der Waals surface area contributed by atoms with Gasteiger partial charge in [0.25, 0.3) is 0 Å². The second-order valence-electron chi connectivity index (χ2n) is 4.99. The van der Waals surface area contributed by atoms with Gasteiger partial charge in [-0.2, -0.15) is 0 Å². The van der Waals surface area contributed by atoms with Gasteiger partial charge in [0.1, 0.15) is 0 Å². The van der Waals surface area contributed by atoms with E-state index in [9.17, 15) is 0 Å². The Hall–Kier alpha value is -0.470. The van der Waals surface area contributed by atoms with E-state index in [-0.39, 0.29) is 0 Å². The predicted octanol–water partition coefficient (Wildman–Crippen LogP) is 3.27. The van der Waals surface area contributed by atoms with Crippen LogP contribution in [-0.4, -0.2) is 18.8 Å². The molecule has 0 radical (unpaired) electrons. The van der Waals surface area contributed by atoms with Crippen molar-refractivity contribution in [2.24, 2.45) is 5.92 Å². The standard InChI is InChI=1S/C14H19NS/c1-2-6-14-13(5-1)12(10-16-14)8-11-4-3-7-15-9-11/h1-2,5-6,11-12,15H,3-4,7-10H2. The fourth-order valence-electron chi connectivity index (χ4n) is 2.95. The van der Waals surface area contributed by atoms with Crippen molar-refractivity contribution in [2.45, 2.75) is 30.1 Å². The first-order valence-electron chi connectivity index (χ1n) is 6.36. The monoisotopic (exact) mass is 233 g/mol. The summed E-state index contributed by atoms with van der Waals surface area (Å²) in [7, 11) is 0. The SMILES string of the molecule is c1ccc2c(c1)SCC2CC1CCCNC1. The highest BCUT2D eigenvalue weighted by molar-refractivity contribution is 7.99. The van der Waals surface area contributed by atoms with E-state index in [4.69, 9.17) is 0 Å². The summed E-state index contributed by atoms with van der Waals surface area (Å²) in [5.41, 5.74) is 1.61. The minimum absolute atomic E-state index is 0.811. The van der Waals surface area contributed by atoms with Gasteiger partial charge in [-0.3, -0.25) is 0 Å². The smallest absolute Gasteiger partial charge is 0.0107 e. The van der Waals surface area contributed by atoms with E-state index in [2.05, 4.69) is 29.6 Å². The third-order valence-corrected chi connectivity index (χ3v) is 5.07. The summed E-state index contributed by atoms with van der Waals surface area (Å²) >= 11 is 2.04. The van der Waals surface area contributed by atoms with Crippen molar-refractivity contribution < 1.29 is 0 Å². The summed E-state index contributed by atoms with van der Waals surface area (Å²) in [5.74, 6) is 3.02. The minimum atomic E-state index is 0.811. The van der Waals surface area contributed by atoms with Crippen LogP contribution in [0.5, 0.6) is 0 Å². The van der Waals surface area contributed by atoms with E-state index >= 15 is 0 Å². The zero-order chi connectivity index (χ0) is 10.8. The molecule has 1 aromatic rings. The van der Waals surface area contributed by atoms with Crippen molar-refractivity contribution in [3.8, 4) is 0 Å². The van der Waals surface area contributed by atoms with Crippen LogP contribution in [0.2, 0.25) is 0 Å². The van der Waals surface area contributed by atoms with Crippen LogP contribution in [0.15, 0.2) is 29.2 Å². The van der Waals surface area contributed by atoms with Gasteiger partial charge in [0, 0.05) is 10.6 Å². The zero-order valence-electron chi connectivity index (χ0n) is 9.61. The Morgan fingerprint density at radius 1 is 1.31 bits per heavy atom. The molecule has 2 heteroatoms. The second-order valence-corrected chi connectivity index (χ2v) is 6.06. The van der Waals surface area contributed by atoms with Crippen LogP contribution in [0.1, 0.15) is 30.7 Å². The Kier molecular flexibility index (Phi) is 3.20. The van der Waals surface area contributed by atoms with Crippen molar-refractivity contribution in [1.29, 1.82) is 0 Å². The van der Waals surface area contributed by atoms with Gasteiger partial charge < -0.3 is 5.32 Å². The van der Waals surface area contributed by atoms with Gasteiger partial charge in [0.05, 0.1) is 0 Å². The first-order valence-corrected chi connectivity index (χ1v) is 7.34. The van der Waals surface area contributed by atoms with Gasteiger partial charge in [-0.25, -0.2) is 0 Å². The number of thioether (sulfide) groups is 1. The molecule has 1 saturated heterocycles. The predicted molar refractivity (Wildman–Crippen MR) is 70.1 cm³/mol. The quantitative estimate of drug-likeness (QED) is 0.841. The third-order valence-electron chi connectivity index (χ3n) is 3.82. The Labute approximate surface area is 102 Å². The zero-order valence-corrected chi connectivity index (χ0v) is 10.4. The van der Waals surface area contributed by atoms with Crippen molar-refractivity contribution >= 4 is 11.8 Å². The summed E-state index contributed by atoms with van der Waals surface area (Å²) in [6.07, 6.45) is 4.18. The Morgan fingerprint density at radius 3 is 3.12 bits per heavy atom. The highest BCUT2D eigenvalue weighted by atomic mass is 32.2. The van der Waals surface area contributed by atoms with Crippen molar-refractivity contribution in [3.05, 3.63) is 29.8 Å². The maximum Gasteiger partial charge on any atom is 0.0107 e. The topological polar surface area (TPSA) is 12.0 Å². The third kappa shape index (κ3) is 2.14. The lowest BCUT2D eigenvalue weighted by Gasteiger charge is -2.25. The molecular formula is C14H19NS. The lowest BCUT2D eigenvalue weighted by Crippen LogP contribution is -2.30. The maximum atomic E-state index is 3.53. The number of hydrogen-bond donors (Lipinski definition) is 1. The minimum Gasteiger partial charge on any atom is -0.316 e. The van der Waals surface area contributed by atoms with Gasteiger partial charge in [-0.15, -0.1) is 11.8 Å². The lowest BCUT2D eigenvalue weighted by molar-refractivity contribution is 0.342. The van der Waals surface area contributed by atoms with Gasteiger partial charge in [-0.1, -0.05) is 18.2 Å². The molecular weight excluding hydrogens is 214 g/mol. The van der Waals surface area contributed by atoms with E-state index in [1.54, 1.807) is 5.56 Å². The summed E-state index contributed by atoms with van der Waals surface area (Å²) < 4.78 is 0. The van der Waals surface area contributed by atoms with E-state index < -0.39 is 0 Å². The molecule has 0 aromatic heterocycles. The second kappa shape index (κ2) is 4.80. The first-order chi connectivity index (χ1) is 7.93. The molecule has 2 aliphatic rings. The first kappa shape index (κ1) is 10.7. The van der Waals surface area contributed by atoms with Crippen LogP contribution < -0.4 is 5.32 Å². The van der Waals surface area contributed by atoms with Crippen LogP contribution in [-0.2, 0) is 0 Å². The molecule has 86 valence electrons.